The fourth-order valence-electron chi connectivity index (χ4n) is 1.48. The van der Waals surface area contributed by atoms with Crippen LogP contribution < -0.4 is 0 Å². The van der Waals surface area contributed by atoms with Crippen molar-refractivity contribution in [1.82, 2.24) is 0 Å². The molecule has 0 saturated carbocycles. The molecule has 0 fully saturated rings. The number of thioether (sulfide) groups is 1. The molecule has 0 rings (SSSR count). The SMILES string of the molecule is CCC[C@@H](C[C@H](C)OC(C)=O)SC(C)=O. The fraction of sp³-hybridized carbons (Fsp3) is 0.818. The largest absolute Gasteiger partial charge is 0.463 e. The lowest BCUT2D eigenvalue weighted by Gasteiger charge is -2.18. The van der Waals surface area contributed by atoms with Crippen LogP contribution in [0.25, 0.3) is 0 Å². The molecule has 0 aliphatic rings. The number of carbonyl (C=O) groups excluding carboxylic acids is 2. The quantitative estimate of drug-likeness (QED) is 0.660. The second-order valence-corrected chi connectivity index (χ2v) is 5.15. The van der Waals surface area contributed by atoms with Gasteiger partial charge in [0.1, 0.15) is 6.10 Å². The van der Waals surface area contributed by atoms with Gasteiger partial charge in [-0.3, -0.25) is 9.59 Å². The lowest BCUT2D eigenvalue weighted by molar-refractivity contribution is -0.145. The van der Waals surface area contributed by atoms with Gasteiger partial charge >= 0.3 is 5.97 Å². The molecule has 0 bridgehead atoms. The number of hydrogen-bond donors (Lipinski definition) is 0. The van der Waals surface area contributed by atoms with Crippen LogP contribution in [0.5, 0.6) is 0 Å². The maximum atomic E-state index is 11.0. The number of esters is 1. The first kappa shape index (κ1) is 14.5. The van der Waals surface area contributed by atoms with Gasteiger partial charge in [-0.15, -0.1) is 0 Å². The molecule has 0 saturated heterocycles. The number of hydrogen-bond acceptors (Lipinski definition) is 4. The number of ether oxygens (including phenoxy) is 1. The highest BCUT2D eigenvalue weighted by atomic mass is 32.2. The molecule has 0 aromatic heterocycles. The van der Waals surface area contributed by atoms with Crippen molar-refractivity contribution in [1.29, 1.82) is 0 Å². The molecule has 0 aromatic carbocycles. The Bertz CT molecular complexity index is 216. The van der Waals surface area contributed by atoms with E-state index >= 15 is 0 Å². The lowest BCUT2D eigenvalue weighted by Crippen LogP contribution is -2.19. The zero-order valence-electron chi connectivity index (χ0n) is 9.91. The van der Waals surface area contributed by atoms with Crippen LogP contribution >= 0.6 is 11.8 Å². The van der Waals surface area contributed by atoms with E-state index in [1.165, 1.54) is 18.7 Å². The summed E-state index contributed by atoms with van der Waals surface area (Å²) in [6, 6.07) is 0. The molecule has 0 spiro atoms. The zero-order valence-corrected chi connectivity index (χ0v) is 10.7. The van der Waals surface area contributed by atoms with Gasteiger partial charge in [0.25, 0.3) is 0 Å². The second kappa shape index (κ2) is 7.74. The molecule has 3 nitrogen and oxygen atoms in total. The molecule has 88 valence electrons. The van der Waals surface area contributed by atoms with E-state index < -0.39 is 0 Å². The standard InChI is InChI=1S/C11H20O3S/c1-5-6-11(15-10(4)13)7-8(2)14-9(3)12/h8,11H,5-7H2,1-4H3/t8-,11-/m0/s1. The first-order valence-corrected chi connectivity index (χ1v) is 6.18. The third-order valence-corrected chi connectivity index (χ3v) is 3.00. The topological polar surface area (TPSA) is 43.4 Å². The van der Waals surface area contributed by atoms with E-state index in [1.54, 1.807) is 6.92 Å². The van der Waals surface area contributed by atoms with Crippen LogP contribution in [-0.4, -0.2) is 22.4 Å². The second-order valence-electron chi connectivity index (χ2n) is 3.68. The van der Waals surface area contributed by atoms with Gasteiger partial charge in [-0.1, -0.05) is 25.1 Å². The maximum absolute atomic E-state index is 11.0. The molecule has 0 radical (unpaired) electrons. The number of rotatable bonds is 6. The first-order valence-electron chi connectivity index (χ1n) is 5.30. The van der Waals surface area contributed by atoms with Crippen LogP contribution in [0, 0.1) is 0 Å². The molecular weight excluding hydrogens is 212 g/mol. The van der Waals surface area contributed by atoms with Crippen molar-refractivity contribution < 1.29 is 14.3 Å². The van der Waals surface area contributed by atoms with Crippen molar-refractivity contribution in [3.63, 3.8) is 0 Å². The van der Waals surface area contributed by atoms with E-state index in [1.807, 2.05) is 6.92 Å². The minimum atomic E-state index is -0.259. The summed E-state index contributed by atoms with van der Waals surface area (Å²) in [6.45, 7) is 6.93. The molecular formula is C11H20O3S. The summed E-state index contributed by atoms with van der Waals surface area (Å²) in [4.78, 5) is 21.7. The summed E-state index contributed by atoms with van der Waals surface area (Å²) in [7, 11) is 0. The molecule has 15 heavy (non-hydrogen) atoms. The van der Waals surface area contributed by atoms with Crippen LogP contribution in [0.1, 0.15) is 47.0 Å². The van der Waals surface area contributed by atoms with Crippen molar-refractivity contribution in [3.8, 4) is 0 Å². The van der Waals surface area contributed by atoms with Crippen molar-refractivity contribution in [3.05, 3.63) is 0 Å². The Morgan fingerprint density at radius 1 is 1.33 bits per heavy atom. The van der Waals surface area contributed by atoms with Crippen molar-refractivity contribution in [2.75, 3.05) is 0 Å². The monoisotopic (exact) mass is 232 g/mol. The minimum Gasteiger partial charge on any atom is -0.463 e. The predicted molar refractivity (Wildman–Crippen MR) is 62.8 cm³/mol. The summed E-state index contributed by atoms with van der Waals surface area (Å²) < 4.78 is 5.05. The van der Waals surface area contributed by atoms with Gasteiger partial charge in [-0.05, 0) is 19.8 Å². The molecule has 4 heteroatoms. The molecule has 0 unspecified atom stereocenters. The molecule has 0 heterocycles. The van der Waals surface area contributed by atoms with Gasteiger partial charge in [0.15, 0.2) is 5.12 Å². The van der Waals surface area contributed by atoms with E-state index in [4.69, 9.17) is 4.74 Å². The van der Waals surface area contributed by atoms with Gasteiger partial charge in [0, 0.05) is 19.1 Å². The Balaban J connectivity index is 4.02. The molecule has 0 aliphatic carbocycles. The van der Waals surface area contributed by atoms with Gasteiger partial charge in [0.05, 0.1) is 0 Å². The maximum Gasteiger partial charge on any atom is 0.302 e. The predicted octanol–water partition coefficient (Wildman–Crippen LogP) is 2.78. The van der Waals surface area contributed by atoms with E-state index in [-0.39, 0.29) is 22.4 Å². The van der Waals surface area contributed by atoms with E-state index in [2.05, 4.69) is 6.92 Å². The lowest BCUT2D eigenvalue weighted by atomic mass is 10.1. The molecule has 0 aliphatic heterocycles. The van der Waals surface area contributed by atoms with E-state index in [0.717, 1.165) is 19.3 Å². The Morgan fingerprint density at radius 2 is 1.93 bits per heavy atom. The van der Waals surface area contributed by atoms with Crippen molar-refractivity contribution >= 4 is 22.8 Å². The fourth-order valence-corrected chi connectivity index (χ4v) is 2.67. The normalized spacial score (nSPS) is 14.4. The van der Waals surface area contributed by atoms with Crippen LogP contribution in [0.2, 0.25) is 0 Å². The van der Waals surface area contributed by atoms with Crippen molar-refractivity contribution in [2.45, 2.75) is 58.3 Å². The van der Waals surface area contributed by atoms with Gasteiger partial charge < -0.3 is 4.74 Å². The van der Waals surface area contributed by atoms with Crippen LogP contribution in [0.4, 0.5) is 0 Å². The summed E-state index contributed by atoms with van der Waals surface area (Å²) in [5.74, 6) is -0.259. The zero-order chi connectivity index (χ0) is 11.8. The van der Waals surface area contributed by atoms with Gasteiger partial charge in [-0.2, -0.15) is 0 Å². The molecule has 0 N–H and O–H groups in total. The first-order chi connectivity index (χ1) is 6.95. The molecule has 2 atom stereocenters. The Hall–Kier alpha value is -0.510. The third kappa shape index (κ3) is 8.48. The van der Waals surface area contributed by atoms with E-state index in [0.29, 0.717) is 0 Å². The number of carbonyl (C=O) groups is 2. The van der Waals surface area contributed by atoms with Crippen LogP contribution in [-0.2, 0) is 14.3 Å². The summed E-state index contributed by atoms with van der Waals surface area (Å²) in [5, 5.41) is 0.394. The molecule has 0 amide bonds. The highest BCUT2D eigenvalue weighted by Crippen LogP contribution is 2.22. The van der Waals surface area contributed by atoms with E-state index in [9.17, 15) is 9.59 Å². The highest BCUT2D eigenvalue weighted by molar-refractivity contribution is 8.14. The smallest absolute Gasteiger partial charge is 0.302 e. The molecule has 0 aromatic rings. The van der Waals surface area contributed by atoms with Crippen molar-refractivity contribution in [2.24, 2.45) is 0 Å². The summed E-state index contributed by atoms with van der Waals surface area (Å²) in [6.07, 6.45) is 2.66. The third-order valence-electron chi connectivity index (χ3n) is 1.91. The van der Waals surface area contributed by atoms with Crippen LogP contribution in [0.15, 0.2) is 0 Å². The highest BCUT2D eigenvalue weighted by Gasteiger charge is 2.16. The van der Waals surface area contributed by atoms with Gasteiger partial charge in [-0.25, -0.2) is 0 Å². The Labute approximate surface area is 95.9 Å². The summed E-state index contributed by atoms with van der Waals surface area (Å²) >= 11 is 1.35. The Morgan fingerprint density at radius 3 is 2.33 bits per heavy atom. The summed E-state index contributed by atoms with van der Waals surface area (Å²) in [5.41, 5.74) is 0. The van der Waals surface area contributed by atoms with Crippen LogP contribution in [0.3, 0.4) is 0 Å². The minimum absolute atomic E-state index is 0.106. The average molecular weight is 232 g/mol. The average Bonchev–Trinajstić information content (AvgIpc) is 2.00. The van der Waals surface area contributed by atoms with Gasteiger partial charge in [0.2, 0.25) is 0 Å². The Kier molecular flexibility index (Phi) is 7.48.